The highest BCUT2D eigenvalue weighted by molar-refractivity contribution is 5.78. The van der Waals surface area contributed by atoms with Crippen LogP contribution in [0.25, 0.3) is 0 Å². The van der Waals surface area contributed by atoms with Crippen molar-refractivity contribution in [3.63, 3.8) is 0 Å². The quantitative estimate of drug-likeness (QED) is 0.695. The highest BCUT2D eigenvalue weighted by Gasteiger charge is 2.38. The lowest BCUT2D eigenvalue weighted by atomic mass is 9.72. The number of nitrogens with zero attached hydrogens (tertiary/aromatic N) is 2. The van der Waals surface area contributed by atoms with Gasteiger partial charge in [0.25, 0.3) is 0 Å². The van der Waals surface area contributed by atoms with Gasteiger partial charge in [-0.3, -0.25) is 4.79 Å². The molecular weight excluding hydrogens is 352 g/mol. The van der Waals surface area contributed by atoms with Crippen LogP contribution < -0.4 is 4.74 Å². The molecule has 0 spiro atoms. The minimum atomic E-state index is -0.657. The average Bonchev–Trinajstić information content (AvgIpc) is 2.66. The van der Waals surface area contributed by atoms with E-state index in [0.29, 0.717) is 13.2 Å². The predicted octanol–water partition coefficient (Wildman–Crippen LogP) is 3.12. The van der Waals surface area contributed by atoms with E-state index in [1.54, 1.807) is 11.0 Å². The summed E-state index contributed by atoms with van der Waals surface area (Å²) in [6, 6.07) is 2.05. The second-order valence-electron chi connectivity index (χ2n) is 8.31. The Labute approximate surface area is 170 Å². The molecule has 1 aromatic carbocycles. The maximum absolute atomic E-state index is 12.9. The maximum Gasteiger partial charge on any atom is 0.225 e. The van der Waals surface area contributed by atoms with Crippen molar-refractivity contribution in [3.8, 4) is 5.75 Å². The van der Waals surface area contributed by atoms with Gasteiger partial charge >= 0.3 is 0 Å². The first kappa shape index (κ1) is 22.4. The minimum absolute atomic E-state index is 0.0884. The van der Waals surface area contributed by atoms with Gasteiger partial charge in [0.2, 0.25) is 5.91 Å². The number of hydrogen-bond donors (Lipinski definition) is 1. The summed E-state index contributed by atoms with van der Waals surface area (Å²) in [5, 5.41) is 11.2. The fraction of sp³-hybridized carbons (Fsp3) is 0.609. The summed E-state index contributed by atoms with van der Waals surface area (Å²) < 4.78 is 5.81. The molecule has 3 atom stereocenters. The number of carbonyl (C=O) groups excluding carboxylic acids is 1. The zero-order valence-corrected chi connectivity index (χ0v) is 18.3. The van der Waals surface area contributed by atoms with Crippen LogP contribution in [-0.4, -0.2) is 61.7 Å². The summed E-state index contributed by atoms with van der Waals surface area (Å²) >= 11 is 0. The Morgan fingerprint density at radius 2 is 2.04 bits per heavy atom. The van der Waals surface area contributed by atoms with Gasteiger partial charge in [0, 0.05) is 32.0 Å². The van der Waals surface area contributed by atoms with Crippen molar-refractivity contribution in [2.75, 3.05) is 40.8 Å². The lowest BCUT2D eigenvalue weighted by Gasteiger charge is -2.37. The summed E-state index contributed by atoms with van der Waals surface area (Å²) in [4.78, 5) is 16.8. The fourth-order valence-corrected chi connectivity index (χ4v) is 4.19. The summed E-state index contributed by atoms with van der Waals surface area (Å²) in [5.41, 5.74) is 4.26. The van der Waals surface area contributed by atoms with Gasteiger partial charge in [-0.05, 0) is 69.1 Å². The summed E-state index contributed by atoms with van der Waals surface area (Å²) in [6.45, 7) is 11.7. The van der Waals surface area contributed by atoms with E-state index < -0.39 is 6.10 Å². The molecule has 1 aromatic rings. The molecule has 5 heteroatoms. The van der Waals surface area contributed by atoms with E-state index in [-0.39, 0.29) is 17.7 Å². The van der Waals surface area contributed by atoms with Gasteiger partial charge < -0.3 is 19.6 Å². The Hall–Kier alpha value is -1.85. The third-order valence-electron chi connectivity index (χ3n) is 6.00. The second kappa shape index (κ2) is 9.57. The van der Waals surface area contributed by atoms with E-state index in [1.807, 2.05) is 41.1 Å². The number of aliphatic hydroxyl groups excluding tert-OH is 1. The van der Waals surface area contributed by atoms with Gasteiger partial charge in [0.1, 0.15) is 12.4 Å². The fourth-order valence-electron chi connectivity index (χ4n) is 4.19. The number of amides is 1. The molecule has 1 amide bonds. The van der Waals surface area contributed by atoms with Gasteiger partial charge in [-0.25, -0.2) is 0 Å². The van der Waals surface area contributed by atoms with Crippen LogP contribution in [0.1, 0.15) is 41.7 Å². The first-order valence-electron chi connectivity index (χ1n) is 10.1. The molecule has 0 bridgehead atoms. The van der Waals surface area contributed by atoms with Crippen LogP contribution in [0.4, 0.5) is 0 Å². The number of hydrogen-bond acceptors (Lipinski definition) is 4. The Bertz CT molecular complexity index is 714. The third-order valence-corrected chi connectivity index (χ3v) is 6.00. The number of benzene rings is 1. The van der Waals surface area contributed by atoms with Crippen molar-refractivity contribution in [1.82, 2.24) is 9.80 Å². The zero-order chi connectivity index (χ0) is 21.0. The van der Waals surface area contributed by atoms with Gasteiger partial charge in [0.15, 0.2) is 0 Å². The van der Waals surface area contributed by atoms with Crippen molar-refractivity contribution in [1.29, 1.82) is 0 Å². The van der Waals surface area contributed by atoms with Gasteiger partial charge in [-0.2, -0.15) is 0 Å². The van der Waals surface area contributed by atoms with Crippen LogP contribution in [0.15, 0.2) is 18.7 Å². The topological polar surface area (TPSA) is 53.0 Å². The molecular formula is C23H36N2O3. The van der Waals surface area contributed by atoms with Crippen molar-refractivity contribution in [2.45, 2.75) is 39.7 Å². The van der Waals surface area contributed by atoms with Gasteiger partial charge in [-0.15, -0.1) is 0 Å². The monoisotopic (exact) mass is 388 g/mol. The molecule has 1 N–H and O–H groups in total. The number of likely N-dealkylation sites (N-methyl/N-ethyl adjacent to an activating group) is 2. The van der Waals surface area contributed by atoms with Crippen LogP contribution in [0.2, 0.25) is 0 Å². The van der Waals surface area contributed by atoms with Gasteiger partial charge in [0.05, 0.1) is 6.10 Å². The standard InChI is InChI=1S/C23H36N2O3/c1-8-13-28-20-14-15(2)18-9-10-19(22(26)21(18)17(20)4)16(3)23(27)25(7)12-11-24(5)6/h8,14,16,19,22,26H,1,9-13H2,2-7H3. The predicted molar refractivity (Wildman–Crippen MR) is 114 cm³/mol. The van der Waals surface area contributed by atoms with Crippen LogP contribution >= 0.6 is 0 Å². The molecule has 0 fully saturated rings. The van der Waals surface area contributed by atoms with E-state index in [4.69, 9.17) is 4.74 Å². The summed E-state index contributed by atoms with van der Waals surface area (Å²) in [6.07, 6.45) is 2.76. The third kappa shape index (κ3) is 4.76. The normalized spacial score (nSPS) is 19.9. The van der Waals surface area contributed by atoms with Crippen LogP contribution in [0, 0.1) is 25.7 Å². The average molecular weight is 389 g/mol. The molecule has 0 radical (unpaired) electrons. The smallest absolute Gasteiger partial charge is 0.225 e. The van der Waals surface area contributed by atoms with Crippen molar-refractivity contribution < 1.29 is 14.6 Å². The van der Waals surface area contributed by atoms with E-state index in [9.17, 15) is 9.90 Å². The summed E-state index contributed by atoms with van der Waals surface area (Å²) in [7, 11) is 5.85. The lowest BCUT2D eigenvalue weighted by Crippen LogP contribution is -2.41. The molecule has 156 valence electrons. The molecule has 5 nitrogen and oxygen atoms in total. The molecule has 1 aliphatic carbocycles. The van der Waals surface area contributed by atoms with Gasteiger partial charge in [-0.1, -0.05) is 19.6 Å². The molecule has 2 rings (SSSR count). The first-order valence-corrected chi connectivity index (χ1v) is 10.1. The molecule has 28 heavy (non-hydrogen) atoms. The van der Waals surface area contributed by atoms with Crippen LogP contribution in [0.3, 0.4) is 0 Å². The molecule has 1 aliphatic rings. The summed E-state index contributed by atoms with van der Waals surface area (Å²) in [5.74, 6) is 0.572. The van der Waals surface area contributed by atoms with Crippen LogP contribution in [0.5, 0.6) is 5.75 Å². The number of aryl methyl sites for hydroxylation is 1. The number of ether oxygens (including phenoxy) is 1. The molecule has 0 saturated heterocycles. The number of fused-ring (bicyclic) bond motifs is 1. The molecule has 0 saturated carbocycles. The minimum Gasteiger partial charge on any atom is -0.489 e. The highest BCUT2D eigenvalue weighted by Crippen LogP contribution is 2.44. The van der Waals surface area contributed by atoms with E-state index in [0.717, 1.165) is 41.8 Å². The molecule has 0 aliphatic heterocycles. The Morgan fingerprint density at radius 3 is 2.64 bits per heavy atom. The van der Waals surface area contributed by atoms with E-state index in [1.165, 1.54) is 5.56 Å². The van der Waals surface area contributed by atoms with E-state index in [2.05, 4.69) is 18.4 Å². The molecule has 0 aromatic heterocycles. The van der Waals surface area contributed by atoms with Crippen molar-refractivity contribution >= 4 is 5.91 Å². The largest absolute Gasteiger partial charge is 0.489 e. The second-order valence-corrected chi connectivity index (χ2v) is 8.31. The van der Waals surface area contributed by atoms with Crippen LogP contribution in [-0.2, 0) is 11.2 Å². The number of carbonyl (C=O) groups is 1. The Morgan fingerprint density at radius 1 is 1.36 bits per heavy atom. The zero-order valence-electron chi connectivity index (χ0n) is 18.3. The lowest BCUT2D eigenvalue weighted by molar-refractivity contribution is -0.137. The highest BCUT2D eigenvalue weighted by atomic mass is 16.5. The molecule has 3 unspecified atom stereocenters. The van der Waals surface area contributed by atoms with E-state index >= 15 is 0 Å². The Kier molecular flexibility index (Phi) is 7.67. The SMILES string of the molecule is C=CCOc1cc(C)c2c(c1C)C(O)C(C(C)C(=O)N(C)CCN(C)C)CC2. The maximum atomic E-state index is 12.9. The molecule has 0 heterocycles. The van der Waals surface area contributed by atoms with Crippen molar-refractivity contribution in [3.05, 3.63) is 41.0 Å². The Balaban J connectivity index is 2.25. The number of rotatable bonds is 8. The number of aliphatic hydroxyl groups is 1. The van der Waals surface area contributed by atoms with Crippen molar-refractivity contribution in [2.24, 2.45) is 11.8 Å². The first-order chi connectivity index (χ1) is 13.2.